The predicted octanol–water partition coefficient (Wildman–Crippen LogP) is 0.0881. The Morgan fingerprint density at radius 2 is 2.32 bits per heavy atom. The molecule has 3 heterocycles. The highest BCUT2D eigenvalue weighted by atomic mass is 16.5. The van der Waals surface area contributed by atoms with Gasteiger partial charge < -0.3 is 15.2 Å². The number of fused-ring (bicyclic) bond motifs is 1. The van der Waals surface area contributed by atoms with E-state index in [-0.39, 0.29) is 18.3 Å². The van der Waals surface area contributed by atoms with Crippen molar-refractivity contribution in [2.24, 2.45) is 0 Å². The summed E-state index contributed by atoms with van der Waals surface area (Å²) < 4.78 is 12.0. The molecule has 1 aliphatic heterocycles. The third kappa shape index (κ3) is 2.98. The van der Waals surface area contributed by atoms with Crippen molar-refractivity contribution < 1.29 is 14.3 Å². The second-order valence-electron chi connectivity index (χ2n) is 5.21. The predicted molar refractivity (Wildman–Crippen MR) is 76.8 cm³/mol. The largest absolute Gasteiger partial charge is 0.469 e. The van der Waals surface area contributed by atoms with E-state index in [0.717, 1.165) is 25.9 Å². The van der Waals surface area contributed by atoms with Crippen LogP contribution in [0.1, 0.15) is 25.1 Å². The Morgan fingerprint density at radius 1 is 1.45 bits per heavy atom. The monoisotopic (exact) mass is 306 g/mol. The molecule has 22 heavy (non-hydrogen) atoms. The molecule has 1 saturated heterocycles. The summed E-state index contributed by atoms with van der Waals surface area (Å²) >= 11 is 0. The molecule has 0 radical (unpaired) electrons. The lowest BCUT2D eigenvalue weighted by Gasteiger charge is -2.22. The number of aromatic nitrogens is 5. The van der Waals surface area contributed by atoms with Crippen LogP contribution in [0.25, 0.3) is 11.2 Å². The molecule has 0 aromatic carbocycles. The Kier molecular flexibility index (Phi) is 4.14. The van der Waals surface area contributed by atoms with Crippen LogP contribution in [0.15, 0.2) is 0 Å². The standard InChI is InChI=1S/C13H18N6O3/c1-21-10(20)6-9-15-12(14)11-13(16-9)19(18-17-11)7-8-4-2-3-5-22-8/h8H,2-7H2,1H3,(H2,14,15,16). The van der Waals surface area contributed by atoms with Crippen LogP contribution in [-0.4, -0.2) is 50.8 Å². The van der Waals surface area contributed by atoms with Gasteiger partial charge in [-0.25, -0.2) is 14.6 Å². The maximum atomic E-state index is 11.4. The first-order chi connectivity index (χ1) is 10.7. The van der Waals surface area contributed by atoms with Crippen LogP contribution in [0.3, 0.4) is 0 Å². The van der Waals surface area contributed by atoms with Gasteiger partial charge in [0.2, 0.25) is 0 Å². The number of nitrogen functional groups attached to an aromatic ring is 1. The maximum absolute atomic E-state index is 11.4. The van der Waals surface area contributed by atoms with Crippen molar-refractivity contribution >= 4 is 23.0 Å². The first-order valence-electron chi connectivity index (χ1n) is 7.21. The maximum Gasteiger partial charge on any atom is 0.313 e. The molecule has 9 heteroatoms. The molecular formula is C13H18N6O3. The number of ether oxygens (including phenoxy) is 2. The average Bonchev–Trinajstić information content (AvgIpc) is 2.92. The van der Waals surface area contributed by atoms with E-state index in [1.807, 2.05) is 0 Å². The molecular weight excluding hydrogens is 288 g/mol. The smallest absolute Gasteiger partial charge is 0.313 e. The van der Waals surface area contributed by atoms with Crippen molar-refractivity contribution in [3.63, 3.8) is 0 Å². The molecule has 1 aliphatic rings. The van der Waals surface area contributed by atoms with Gasteiger partial charge in [0.1, 0.15) is 12.2 Å². The minimum Gasteiger partial charge on any atom is -0.469 e. The lowest BCUT2D eigenvalue weighted by Crippen LogP contribution is -2.25. The van der Waals surface area contributed by atoms with Crippen molar-refractivity contribution in [1.29, 1.82) is 0 Å². The fourth-order valence-electron chi connectivity index (χ4n) is 2.47. The number of esters is 1. The number of nitrogens with zero attached hydrogens (tertiary/aromatic N) is 5. The van der Waals surface area contributed by atoms with Crippen LogP contribution in [-0.2, 0) is 27.2 Å². The van der Waals surface area contributed by atoms with Gasteiger partial charge in [-0.3, -0.25) is 4.79 Å². The lowest BCUT2D eigenvalue weighted by molar-refractivity contribution is -0.139. The Bertz CT molecular complexity index is 680. The van der Waals surface area contributed by atoms with Gasteiger partial charge >= 0.3 is 5.97 Å². The quantitative estimate of drug-likeness (QED) is 0.789. The number of hydrogen-bond acceptors (Lipinski definition) is 8. The highest BCUT2D eigenvalue weighted by Gasteiger charge is 2.19. The fraction of sp³-hybridized carbons (Fsp3) is 0.615. The van der Waals surface area contributed by atoms with Crippen molar-refractivity contribution in [3.05, 3.63) is 5.82 Å². The SMILES string of the molecule is COC(=O)Cc1nc(N)c2nnn(CC3CCCCO3)c2n1. The normalized spacial score (nSPS) is 18.5. The first kappa shape index (κ1) is 14.6. The lowest BCUT2D eigenvalue weighted by atomic mass is 10.1. The summed E-state index contributed by atoms with van der Waals surface area (Å²) in [7, 11) is 1.32. The topological polar surface area (TPSA) is 118 Å². The molecule has 2 aromatic rings. The van der Waals surface area contributed by atoms with Crippen molar-refractivity contribution in [2.75, 3.05) is 19.5 Å². The molecule has 1 fully saturated rings. The van der Waals surface area contributed by atoms with E-state index in [4.69, 9.17) is 10.5 Å². The van der Waals surface area contributed by atoms with Crippen molar-refractivity contribution in [3.8, 4) is 0 Å². The summed E-state index contributed by atoms with van der Waals surface area (Å²) in [5.74, 6) is 0.0815. The molecule has 0 saturated carbocycles. The van der Waals surface area contributed by atoms with Crippen LogP contribution in [0.2, 0.25) is 0 Å². The van der Waals surface area contributed by atoms with E-state index >= 15 is 0 Å². The highest BCUT2D eigenvalue weighted by molar-refractivity contribution is 5.81. The van der Waals surface area contributed by atoms with E-state index in [2.05, 4.69) is 25.0 Å². The third-order valence-corrected chi connectivity index (χ3v) is 3.62. The number of hydrogen-bond donors (Lipinski definition) is 1. The minimum absolute atomic E-state index is 0.0399. The number of carbonyl (C=O) groups excluding carboxylic acids is 1. The summed E-state index contributed by atoms with van der Waals surface area (Å²) in [5, 5.41) is 8.09. The number of nitrogens with two attached hydrogens (primary N) is 1. The van der Waals surface area contributed by atoms with E-state index in [1.165, 1.54) is 7.11 Å². The Hall–Kier alpha value is -2.29. The molecule has 1 unspecified atom stereocenters. The summed E-state index contributed by atoms with van der Waals surface area (Å²) in [5.41, 5.74) is 6.82. The van der Waals surface area contributed by atoms with E-state index in [9.17, 15) is 4.79 Å². The van der Waals surface area contributed by atoms with Crippen LogP contribution in [0, 0.1) is 0 Å². The number of rotatable bonds is 4. The van der Waals surface area contributed by atoms with Gasteiger partial charge in [-0.05, 0) is 19.3 Å². The van der Waals surface area contributed by atoms with Crippen molar-refractivity contribution in [1.82, 2.24) is 25.0 Å². The van der Waals surface area contributed by atoms with E-state index in [1.54, 1.807) is 4.68 Å². The van der Waals surface area contributed by atoms with E-state index < -0.39 is 5.97 Å². The molecule has 0 aliphatic carbocycles. The Morgan fingerprint density at radius 3 is 3.05 bits per heavy atom. The zero-order valence-corrected chi connectivity index (χ0v) is 12.4. The molecule has 9 nitrogen and oxygen atoms in total. The van der Waals surface area contributed by atoms with Crippen LogP contribution < -0.4 is 5.73 Å². The van der Waals surface area contributed by atoms with Gasteiger partial charge in [-0.1, -0.05) is 5.21 Å². The zero-order valence-electron chi connectivity index (χ0n) is 12.4. The molecule has 0 spiro atoms. The minimum atomic E-state index is -0.423. The average molecular weight is 306 g/mol. The molecule has 0 amide bonds. The van der Waals surface area contributed by atoms with Crippen LogP contribution in [0.4, 0.5) is 5.82 Å². The van der Waals surface area contributed by atoms with Crippen LogP contribution in [0.5, 0.6) is 0 Å². The molecule has 3 rings (SSSR count). The Labute approximate surface area is 126 Å². The second kappa shape index (κ2) is 6.22. The first-order valence-corrected chi connectivity index (χ1v) is 7.21. The van der Waals surface area contributed by atoms with Gasteiger partial charge in [0.15, 0.2) is 17.0 Å². The second-order valence-corrected chi connectivity index (χ2v) is 5.21. The fourth-order valence-corrected chi connectivity index (χ4v) is 2.47. The summed E-state index contributed by atoms with van der Waals surface area (Å²) in [6.07, 6.45) is 3.27. The zero-order chi connectivity index (χ0) is 15.5. The summed E-state index contributed by atoms with van der Waals surface area (Å²) in [6.45, 7) is 1.33. The Balaban J connectivity index is 1.88. The highest BCUT2D eigenvalue weighted by Crippen LogP contribution is 2.18. The van der Waals surface area contributed by atoms with E-state index in [0.29, 0.717) is 23.5 Å². The molecule has 2 N–H and O–H groups in total. The van der Waals surface area contributed by atoms with Gasteiger partial charge in [0.05, 0.1) is 19.8 Å². The third-order valence-electron chi connectivity index (χ3n) is 3.62. The van der Waals surface area contributed by atoms with Crippen molar-refractivity contribution in [2.45, 2.75) is 38.3 Å². The van der Waals surface area contributed by atoms with Gasteiger partial charge in [-0.2, -0.15) is 0 Å². The van der Waals surface area contributed by atoms with Gasteiger partial charge in [0, 0.05) is 6.61 Å². The molecule has 0 bridgehead atoms. The summed E-state index contributed by atoms with van der Waals surface area (Å²) in [6, 6.07) is 0. The summed E-state index contributed by atoms with van der Waals surface area (Å²) in [4.78, 5) is 19.8. The molecule has 1 atom stereocenters. The number of anilines is 1. The number of methoxy groups -OCH3 is 1. The van der Waals surface area contributed by atoms with Gasteiger partial charge in [0.25, 0.3) is 0 Å². The van der Waals surface area contributed by atoms with Crippen LogP contribution >= 0.6 is 0 Å². The number of carbonyl (C=O) groups is 1. The van der Waals surface area contributed by atoms with Gasteiger partial charge in [-0.15, -0.1) is 5.10 Å². The molecule has 118 valence electrons. The molecule has 2 aromatic heterocycles.